The van der Waals surface area contributed by atoms with Crippen LogP contribution in [0.4, 0.5) is 4.39 Å². The number of carbonyl (C=O) groups excluding carboxylic acids is 2. The van der Waals surface area contributed by atoms with Gasteiger partial charge in [0.15, 0.2) is 6.61 Å². The Kier molecular flexibility index (Phi) is 5.53. The summed E-state index contributed by atoms with van der Waals surface area (Å²) in [5.41, 5.74) is 5.49. The van der Waals surface area contributed by atoms with Crippen molar-refractivity contribution in [2.24, 2.45) is 5.73 Å². The van der Waals surface area contributed by atoms with Gasteiger partial charge in [-0.1, -0.05) is 0 Å². The molecule has 0 radical (unpaired) electrons. The van der Waals surface area contributed by atoms with Gasteiger partial charge in [0.1, 0.15) is 11.6 Å². The molecule has 2 fully saturated rings. The number of nitrogens with zero attached hydrogens (tertiary/aromatic N) is 2. The summed E-state index contributed by atoms with van der Waals surface area (Å²) in [7, 11) is 0. The van der Waals surface area contributed by atoms with Crippen LogP contribution >= 0.6 is 0 Å². The van der Waals surface area contributed by atoms with Gasteiger partial charge in [0.2, 0.25) is 5.91 Å². The Morgan fingerprint density at radius 2 is 1.80 bits per heavy atom. The molecule has 0 spiro atoms. The second-order valence-electron chi connectivity index (χ2n) is 6.65. The molecular formula is C18H24FN3O3. The van der Waals surface area contributed by atoms with Crippen molar-refractivity contribution < 1.29 is 18.7 Å². The second-order valence-corrected chi connectivity index (χ2v) is 6.65. The summed E-state index contributed by atoms with van der Waals surface area (Å²) in [5, 5.41) is 0. The third-order valence-corrected chi connectivity index (χ3v) is 5.08. The van der Waals surface area contributed by atoms with Crippen LogP contribution in [0.15, 0.2) is 24.3 Å². The zero-order valence-corrected chi connectivity index (χ0v) is 14.2. The number of hydrogen-bond acceptors (Lipinski definition) is 4. The van der Waals surface area contributed by atoms with Gasteiger partial charge < -0.3 is 15.4 Å². The lowest BCUT2D eigenvalue weighted by Crippen LogP contribution is -2.51. The van der Waals surface area contributed by atoms with Crippen LogP contribution in [0.25, 0.3) is 0 Å². The summed E-state index contributed by atoms with van der Waals surface area (Å²) < 4.78 is 18.3. The number of nitrogens with two attached hydrogens (primary N) is 1. The van der Waals surface area contributed by atoms with Gasteiger partial charge in [-0.15, -0.1) is 0 Å². The molecule has 2 heterocycles. The minimum atomic E-state index is -0.336. The van der Waals surface area contributed by atoms with E-state index in [2.05, 4.69) is 4.90 Å². The zero-order chi connectivity index (χ0) is 17.8. The Hall–Kier alpha value is -2.15. The topological polar surface area (TPSA) is 75.9 Å². The zero-order valence-electron chi connectivity index (χ0n) is 14.2. The molecule has 0 aliphatic carbocycles. The van der Waals surface area contributed by atoms with Crippen molar-refractivity contribution in [3.8, 4) is 5.75 Å². The fraction of sp³-hybridized carbons (Fsp3) is 0.556. The SMILES string of the molecule is NC(=O)[C@H]1CCCN1C1CCN(C(=O)COc2ccc(F)cc2)CC1. The van der Waals surface area contributed by atoms with Crippen LogP contribution in [0.2, 0.25) is 0 Å². The number of likely N-dealkylation sites (tertiary alicyclic amines) is 2. The number of carbonyl (C=O) groups is 2. The molecule has 0 aromatic heterocycles. The van der Waals surface area contributed by atoms with Gasteiger partial charge in [0.25, 0.3) is 5.91 Å². The van der Waals surface area contributed by atoms with E-state index in [9.17, 15) is 14.0 Å². The minimum absolute atomic E-state index is 0.0517. The first-order valence-corrected chi connectivity index (χ1v) is 8.76. The molecule has 1 aromatic rings. The standard InChI is InChI=1S/C18H24FN3O3/c19-13-3-5-15(6-4-13)25-12-17(23)21-10-7-14(8-11-21)22-9-1-2-16(22)18(20)24/h3-6,14,16H,1-2,7-12H2,(H2,20,24)/t16-/m1/s1. The third-order valence-electron chi connectivity index (χ3n) is 5.08. The number of ether oxygens (including phenoxy) is 1. The second kappa shape index (κ2) is 7.82. The van der Waals surface area contributed by atoms with Crippen LogP contribution in [-0.2, 0) is 9.59 Å². The van der Waals surface area contributed by atoms with Crippen molar-refractivity contribution >= 4 is 11.8 Å². The quantitative estimate of drug-likeness (QED) is 0.865. The van der Waals surface area contributed by atoms with E-state index in [0.717, 1.165) is 32.2 Å². The molecule has 2 aliphatic rings. The maximum atomic E-state index is 12.9. The lowest BCUT2D eigenvalue weighted by molar-refractivity contribution is -0.135. The highest BCUT2D eigenvalue weighted by molar-refractivity contribution is 5.80. The molecule has 1 atom stereocenters. The third kappa shape index (κ3) is 4.28. The number of benzene rings is 1. The molecule has 136 valence electrons. The Labute approximate surface area is 146 Å². The molecule has 0 bridgehead atoms. The first kappa shape index (κ1) is 17.7. The maximum Gasteiger partial charge on any atom is 0.260 e. The van der Waals surface area contributed by atoms with Crippen LogP contribution in [0.1, 0.15) is 25.7 Å². The highest BCUT2D eigenvalue weighted by Crippen LogP contribution is 2.26. The van der Waals surface area contributed by atoms with Crippen molar-refractivity contribution in [3.63, 3.8) is 0 Å². The Morgan fingerprint density at radius 1 is 1.12 bits per heavy atom. The van der Waals surface area contributed by atoms with E-state index < -0.39 is 0 Å². The monoisotopic (exact) mass is 349 g/mol. The summed E-state index contributed by atoms with van der Waals surface area (Å²) in [6.07, 6.45) is 3.51. The smallest absolute Gasteiger partial charge is 0.260 e. The van der Waals surface area contributed by atoms with Crippen molar-refractivity contribution in [3.05, 3.63) is 30.1 Å². The van der Waals surface area contributed by atoms with E-state index in [1.54, 1.807) is 4.90 Å². The first-order valence-electron chi connectivity index (χ1n) is 8.76. The average molecular weight is 349 g/mol. The van der Waals surface area contributed by atoms with E-state index >= 15 is 0 Å². The summed E-state index contributed by atoms with van der Waals surface area (Å²) in [4.78, 5) is 27.8. The number of amides is 2. The molecule has 0 saturated carbocycles. The molecule has 3 rings (SSSR count). The Balaban J connectivity index is 1.46. The highest BCUT2D eigenvalue weighted by Gasteiger charge is 2.36. The van der Waals surface area contributed by atoms with E-state index in [0.29, 0.717) is 24.9 Å². The fourth-order valence-electron chi connectivity index (χ4n) is 3.75. The van der Waals surface area contributed by atoms with Gasteiger partial charge in [0, 0.05) is 19.1 Å². The van der Waals surface area contributed by atoms with Gasteiger partial charge in [-0.05, 0) is 56.5 Å². The lowest BCUT2D eigenvalue weighted by Gasteiger charge is -2.38. The van der Waals surface area contributed by atoms with Crippen molar-refractivity contribution in [2.45, 2.75) is 37.8 Å². The molecule has 2 aliphatic heterocycles. The van der Waals surface area contributed by atoms with Crippen LogP contribution in [0.5, 0.6) is 5.75 Å². The fourth-order valence-corrected chi connectivity index (χ4v) is 3.75. The number of hydrogen-bond donors (Lipinski definition) is 1. The lowest BCUT2D eigenvalue weighted by atomic mass is 10.0. The number of halogens is 1. The summed E-state index contributed by atoms with van der Waals surface area (Å²) in [5.74, 6) is -0.178. The van der Waals surface area contributed by atoms with Crippen LogP contribution in [-0.4, -0.2) is 59.9 Å². The van der Waals surface area contributed by atoms with Gasteiger partial charge in [-0.3, -0.25) is 14.5 Å². The van der Waals surface area contributed by atoms with E-state index in [4.69, 9.17) is 10.5 Å². The van der Waals surface area contributed by atoms with Gasteiger partial charge in [-0.25, -0.2) is 4.39 Å². The van der Waals surface area contributed by atoms with Gasteiger partial charge in [0.05, 0.1) is 6.04 Å². The first-order chi connectivity index (χ1) is 12.0. The highest BCUT2D eigenvalue weighted by atomic mass is 19.1. The van der Waals surface area contributed by atoms with E-state index in [-0.39, 0.29) is 30.3 Å². The molecule has 25 heavy (non-hydrogen) atoms. The molecule has 2 N–H and O–H groups in total. The minimum Gasteiger partial charge on any atom is -0.484 e. The van der Waals surface area contributed by atoms with Crippen molar-refractivity contribution in [1.82, 2.24) is 9.80 Å². The predicted octanol–water partition coefficient (Wildman–Crippen LogP) is 1.15. The Bertz CT molecular complexity index is 614. The normalized spacial score (nSPS) is 22.1. The van der Waals surface area contributed by atoms with Crippen molar-refractivity contribution in [1.29, 1.82) is 0 Å². The van der Waals surface area contributed by atoms with Crippen LogP contribution < -0.4 is 10.5 Å². The van der Waals surface area contributed by atoms with Gasteiger partial charge in [-0.2, -0.15) is 0 Å². The molecule has 7 heteroatoms. The largest absolute Gasteiger partial charge is 0.484 e. The summed E-state index contributed by atoms with van der Waals surface area (Å²) >= 11 is 0. The predicted molar refractivity (Wildman–Crippen MR) is 90.4 cm³/mol. The van der Waals surface area contributed by atoms with Crippen LogP contribution in [0.3, 0.4) is 0 Å². The van der Waals surface area contributed by atoms with Gasteiger partial charge >= 0.3 is 0 Å². The summed E-state index contributed by atoms with van der Waals surface area (Å²) in [6.45, 7) is 2.15. The molecule has 2 amide bonds. The molecular weight excluding hydrogens is 325 g/mol. The molecule has 6 nitrogen and oxygen atoms in total. The molecule has 0 unspecified atom stereocenters. The van der Waals surface area contributed by atoms with Crippen molar-refractivity contribution in [2.75, 3.05) is 26.2 Å². The number of rotatable bonds is 5. The van der Waals surface area contributed by atoms with E-state index in [1.165, 1.54) is 24.3 Å². The average Bonchev–Trinajstić information content (AvgIpc) is 3.11. The van der Waals surface area contributed by atoms with E-state index in [1.807, 2.05) is 0 Å². The number of piperidine rings is 1. The van der Waals surface area contributed by atoms with Crippen LogP contribution in [0, 0.1) is 5.82 Å². The maximum absolute atomic E-state index is 12.9. The molecule has 2 saturated heterocycles. The Morgan fingerprint density at radius 3 is 2.44 bits per heavy atom. The number of primary amides is 1. The molecule has 1 aromatic carbocycles. The summed E-state index contributed by atoms with van der Waals surface area (Å²) in [6, 6.07) is 5.77.